The number of nitrogens with one attached hydrogen (secondary N) is 1. The molecule has 1 saturated heterocycles. The minimum Gasteiger partial charge on any atom is -0.507 e. The molecule has 1 aliphatic heterocycles. The maximum absolute atomic E-state index is 10.8. The number of rotatable bonds is 5. The Morgan fingerprint density at radius 3 is 2.64 bits per heavy atom. The van der Waals surface area contributed by atoms with Crippen LogP contribution in [-0.2, 0) is 13.1 Å². The number of hydrogen-bond acceptors (Lipinski definition) is 5. The number of nitrogens with zero attached hydrogens (tertiary/aromatic N) is 3. The van der Waals surface area contributed by atoms with Gasteiger partial charge in [-0.1, -0.05) is 34.1 Å². The van der Waals surface area contributed by atoms with E-state index in [1.165, 1.54) is 0 Å². The topological polar surface area (TPSA) is 51.6 Å². The second-order valence-electron chi connectivity index (χ2n) is 7.42. The van der Waals surface area contributed by atoms with E-state index < -0.39 is 0 Å². The number of phenols is 1. The van der Waals surface area contributed by atoms with Gasteiger partial charge in [0.2, 0.25) is 0 Å². The van der Waals surface area contributed by atoms with Gasteiger partial charge in [-0.3, -0.25) is 9.88 Å². The minimum atomic E-state index is 0.378. The number of pyridine rings is 1. The number of fused-ring (bicyclic) bond motifs is 1. The minimum absolute atomic E-state index is 0.378. The Kier molecular flexibility index (Phi) is 5.80. The van der Waals surface area contributed by atoms with Crippen molar-refractivity contribution in [2.45, 2.75) is 13.1 Å². The number of piperazine rings is 1. The van der Waals surface area contributed by atoms with Gasteiger partial charge in [-0.25, -0.2) is 0 Å². The first-order valence-corrected chi connectivity index (χ1v) is 10.4. The third-order valence-corrected chi connectivity index (χ3v) is 5.75. The molecule has 1 fully saturated rings. The average molecular weight is 441 g/mol. The number of benzene rings is 2. The predicted octanol–water partition coefficient (Wildman–Crippen LogP) is 4.06. The molecule has 4 rings (SSSR count). The SMILES string of the molecule is CN1CCN(Cc2cc(Br)cc(CNc3cnc4ccccc4c3)c2O)CC1. The Balaban J connectivity index is 1.48. The highest BCUT2D eigenvalue weighted by Crippen LogP contribution is 2.30. The van der Waals surface area contributed by atoms with Crippen molar-refractivity contribution in [3.63, 3.8) is 0 Å². The molecule has 2 heterocycles. The van der Waals surface area contributed by atoms with E-state index in [0.29, 0.717) is 12.3 Å². The van der Waals surface area contributed by atoms with Gasteiger partial charge in [0.15, 0.2) is 0 Å². The van der Waals surface area contributed by atoms with Crippen molar-refractivity contribution in [2.24, 2.45) is 0 Å². The standard InChI is InChI=1S/C22H25BrN4O/c1-26-6-8-27(9-7-26)15-18-11-19(23)10-17(22(18)28)13-24-20-12-16-4-2-3-5-21(16)25-14-20/h2-5,10-12,14,24,28H,6-9,13,15H2,1H3. The van der Waals surface area contributed by atoms with Gasteiger partial charge in [0.05, 0.1) is 17.4 Å². The molecule has 1 aliphatic rings. The molecule has 1 aromatic heterocycles. The smallest absolute Gasteiger partial charge is 0.125 e. The first kappa shape index (κ1) is 19.2. The molecular formula is C22H25BrN4O. The number of anilines is 1. The molecule has 0 radical (unpaired) electrons. The zero-order valence-electron chi connectivity index (χ0n) is 16.0. The highest BCUT2D eigenvalue weighted by atomic mass is 79.9. The van der Waals surface area contributed by atoms with E-state index in [9.17, 15) is 5.11 Å². The second kappa shape index (κ2) is 8.47. The summed E-state index contributed by atoms with van der Waals surface area (Å²) in [4.78, 5) is 9.22. The van der Waals surface area contributed by atoms with Crippen molar-refractivity contribution < 1.29 is 5.11 Å². The van der Waals surface area contributed by atoms with E-state index in [-0.39, 0.29) is 0 Å². The molecule has 6 heteroatoms. The fraction of sp³-hybridized carbons (Fsp3) is 0.318. The molecule has 5 nitrogen and oxygen atoms in total. The fourth-order valence-corrected chi connectivity index (χ4v) is 4.14. The van der Waals surface area contributed by atoms with Gasteiger partial charge in [-0.15, -0.1) is 0 Å². The van der Waals surface area contributed by atoms with Gasteiger partial charge < -0.3 is 15.3 Å². The number of halogens is 1. The van der Waals surface area contributed by atoms with Crippen molar-refractivity contribution in [3.8, 4) is 5.75 Å². The maximum atomic E-state index is 10.8. The Labute approximate surface area is 174 Å². The van der Waals surface area contributed by atoms with E-state index >= 15 is 0 Å². The van der Waals surface area contributed by atoms with Gasteiger partial charge in [0, 0.05) is 60.3 Å². The molecule has 0 unspecified atom stereocenters. The predicted molar refractivity (Wildman–Crippen MR) is 118 cm³/mol. The largest absolute Gasteiger partial charge is 0.507 e. The van der Waals surface area contributed by atoms with Crippen LogP contribution >= 0.6 is 15.9 Å². The summed E-state index contributed by atoms with van der Waals surface area (Å²) in [5, 5.41) is 15.3. The highest BCUT2D eigenvalue weighted by molar-refractivity contribution is 9.10. The van der Waals surface area contributed by atoms with Gasteiger partial charge in [-0.2, -0.15) is 0 Å². The average Bonchev–Trinajstić information content (AvgIpc) is 2.71. The second-order valence-corrected chi connectivity index (χ2v) is 8.34. The molecule has 0 saturated carbocycles. The molecule has 0 amide bonds. The number of para-hydroxylation sites is 1. The lowest BCUT2D eigenvalue weighted by atomic mass is 10.1. The van der Waals surface area contributed by atoms with Gasteiger partial charge in [0.25, 0.3) is 0 Å². The van der Waals surface area contributed by atoms with Crippen LogP contribution in [0.5, 0.6) is 5.75 Å². The highest BCUT2D eigenvalue weighted by Gasteiger charge is 2.17. The summed E-state index contributed by atoms with van der Waals surface area (Å²) >= 11 is 3.60. The summed E-state index contributed by atoms with van der Waals surface area (Å²) in [6.45, 7) is 5.50. The van der Waals surface area contributed by atoms with Crippen molar-refractivity contribution in [3.05, 3.63) is 64.3 Å². The molecule has 146 valence electrons. The molecule has 28 heavy (non-hydrogen) atoms. The van der Waals surface area contributed by atoms with Crippen LogP contribution in [0, 0.1) is 0 Å². The van der Waals surface area contributed by atoms with Gasteiger partial charge in [0.1, 0.15) is 5.75 Å². The van der Waals surface area contributed by atoms with Crippen LogP contribution in [0.2, 0.25) is 0 Å². The quantitative estimate of drug-likeness (QED) is 0.626. The monoisotopic (exact) mass is 440 g/mol. The van der Waals surface area contributed by atoms with Crippen molar-refractivity contribution in [1.29, 1.82) is 0 Å². The third kappa shape index (κ3) is 4.46. The summed E-state index contributed by atoms with van der Waals surface area (Å²) in [7, 11) is 2.15. The molecular weight excluding hydrogens is 416 g/mol. The van der Waals surface area contributed by atoms with E-state index in [1.54, 1.807) is 0 Å². The van der Waals surface area contributed by atoms with E-state index in [4.69, 9.17) is 0 Å². The van der Waals surface area contributed by atoms with Crippen LogP contribution in [0.3, 0.4) is 0 Å². The molecule has 3 aromatic rings. The number of aromatic hydroxyl groups is 1. The Morgan fingerprint density at radius 1 is 1.07 bits per heavy atom. The fourth-order valence-electron chi connectivity index (χ4n) is 3.58. The van der Waals surface area contributed by atoms with Crippen LogP contribution in [0.25, 0.3) is 10.9 Å². The summed E-state index contributed by atoms with van der Waals surface area (Å²) < 4.78 is 0.989. The van der Waals surface area contributed by atoms with Gasteiger partial charge >= 0.3 is 0 Å². The van der Waals surface area contributed by atoms with Crippen molar-refractivity contribution >= 4 is 32.5 Å². The molecule has 0 spiro atoms. The Hall–Kier alpha value is -2.15. The summed E-state index contributed by atoms with van der Waals surface area (Å²) in [5.74, 6) is 0.378. The zero-order chi connectivity index (χ0) is 19.5. The Bertz CT molecular complexity index is 970. The number of hydrogen-bond donors (Lipinski definition) is 2. The normalized spacial score (nSPS) is 15.8. The van der Waals surface area contributed by atoms with E-state index in [1.807, 2.05) is 36.5 Å². The lowest BCUT2D eigenvalue weighted by molar-refractivity contribution is 0.147. The van der Waals surface area contributed by atoms with Gasteiger partial charge in [-0.05, 0) is 31.3 Å². The number of aromatic nitrogens is 1. The first-order chi connectivity index (χ1) is 13.6. The van der Waals surface area contributed by atoms with E-state index in [0.717, 1.165) is 64.9 Å². The van der Waals surface area contributed by atoms with Crippen molar-refractivity contribution in [1.82, 2.24) is 14.8 Å². The number of likely N-dealkylation sites (N-methyl/N-ethyl adjacent to an activating group) is 1. The molecule has 2 N–H and O–H groups in total. The van der Waals surface area contributed by atoms with Crippen LogP contribution in [-0.4, -0.2) is 53.1 Å². The lowest BCUT2D eigenvalue weighted by Gasteiger charge is -2.32. The Morgan fingerprint density at radius 2 is 1.82 bits per heavy atom. The summed E-state index contributed by atoms with van der Waals surface area (Å²) in [6.07, 6.45) is 1.84. The molecule has 2 aromatic carbocycles. The molecule has 0 aliphatic carbocycles. The maximum Gasteiger partial charge on any atom is 0.125 e. The van der Waals surface area contributed by atoms with E-state index in [2.05, 4.69) is 55.2 Å². The number of phenolic OH excluding ortho intramolecular Hbond substituents is 1. The van der Waals surface area contributed by atoms with Crippen LogP contribution in [0.1, 0.15) is 11.1 Å². The third-order valence-electron chi connectivity index (χ3n) is 5.30. The lowest BCUT2D eigenvalue weighted by Crippen LogP contribution is -2.43. The van der Waals surface area contributed by atoms with Crippen LogP contribution in [0.4, 0.5) is 5.69 Å². The zero-order valence-corrected chi connectivity index (χ0v) is 17.6. The molecule has 0 bridgehead atoms. The summed E-state index contributed by atoms with van der Waals surface area (Å²) in [5.41, 5.74) is 3.77. The van der Waals surface area contributed by atoms with Crippen LogP contribution < -0.4 is 5.32 Å². The van der Waals surface area contributed by atoms with Crippen molar-refractivity contribution in [2.75, 3.05) is 38.5 Å². The summed E-state index contributed by atoms with van der Waals surface area (Å²) in [6, 6.07) is 14.1. The first-order valence-electron chi connectivity index (χ1n) is 9.58. The molecule has 0 atom stereocenters. The van der Waals surface area contributed by atoms with Crippen LogP contribution in [0.15, 0.2) is 53.1 Å².